The van der Waals surface area contributed by atoms with Crippen molar-refractivity contribution in [2.75, 3.05) is 13.2 Å². The van der Waals surface area contributed by atoms with Gasteiger partial charge in [-0.3, -0.25) is 9.89 Å². The lowest BCUT2D eigenvalue weighted by Crippen LogP contribution is -2.35. The van der Waals surface area contributed by atoms with Crippen LogP contribution in [0.25, 0.3) is 0 Å². The number of aliphatic hydroxyl groups is 1. The Labute approximate surface area is 114 Å². The summed E-state index contributed by atoms with van der Waals surface area (Å²) in [4.78, 5) is 11.5. The molecule has 106 valence electrons. The lowest BCUT2D eigenvalue weighted by molar-refractivity contribution is 0.0839. The summed E-state index contributed by atoms with van der Waals surface area (Å²) in [6.07, 6.45) is 0.593. The maximum absolute atomic E-state index is 12.7. The highest BCUT2D eigenvalue weighted by Crippen LogP contribution is 2.11. The van der Waals surface area contributed by atoms with Gasteiger partial charge in [0.15, 0.2) is 0 Å². The van der Waals surface area contributed by atoms with Crippen molar-refractivity contribution in [1.29, 1.82) is 0 Å². The Morgan fingerprint density at radius 1 is 1.40 bits per heavy atom. The molecule has 0 radical (unpaired) electrons. The van der Waals surface area contributed by atoms with Crippen molar-refractivity contribution >= 4 is 5.91 Å². The van der Waals surface area contributed by atoms with Crippen LogP contribution in [0, 0.1) is 5.82 Å². The molecule has 0 saturated heterocycles. The summed E-state index contributed by atoms with van der Waals surface area (Å²) in [6, 6.07) is 6.98. The second-order valence-electron chi connectivity index (χ2n) is 4.10. The van der Waals surface area contributed by atoms with Crippen molar-refractivity contribution in [3.05, 3.63) is 48.0 Å². The predicted molar refractivity (Wildman–Crippen MR) is 68.8 cm³/mol. The molecule has 0 aliphatic heterocycles. The van der Waals surface area contributed by atoms with Crippen molar-refractivity contribution in [2.24, 2.45) is 0 Å². The Hall–Kier alpha value is -2.41. The lowest BCUT2D eigenvalue weighted by atomic mass is 10.3. The van der Waals surface area contributed by atoms with E-state index in [4.69, 9.17) is 4.74 Å². The number of nitrogens with zero attached hydrogens (tertiary/aromatic N) is 1. The predicted octanol–water partition coefficient (Wildman–Crippen LogP) is 0.718. The molecule has 20 heavy (non-hydrogen) atoms. The number of halogens is 1. The number of amides is 1. The zero-order chi connectivity index (χ0) is 14.4. The molecule has 1 heterocycles. The zero-order valence-electron chi connectivity index (χ0n) is 10.5. The van der Waals surface area contributed by atoms with Gasteiger partial charge in [-0.1, -0.05) is 0 Å². The number of aromatic amines is 1. The molecule has 1 amide bonds. The molecule has 0 spiro atoms. The first-order valence-corrected chi connectivity index (χ1v) is 5.99. The van der Waals surface area contributed by atoms with Crippen LogP contribution in [0.1, 0.15) is 10.5 Å². The quantitative estimate of drug-likeness (QED) is 0.727. The minimum absolute atomic E-state index is 0.00507. The largest absolute Gasteiger partial charge is 0.491 e. The summed E-state index contributed by atoms with van der Waals surface area (Å²) in [5, 5.41) is 18.4. The summed E-state index contributed by atoms with van der Waals surface area (Å²) in [7, 11) is 0. The molecule has 2 rings (SSSR count). The van der Waals surface area contributed by atoms with Gasteiger partial charge >= 0.3 is 0 Å². The summed E-state index contributed by atoms with van der Waals surface area (Å²) in [6.45, 7) is 0.0357. The first-order valence-electron chi connectivity index (χ1n) is 5.99. The van der Waals surface area contributed by atoms with Gasteiger partial charge in [-0.25, -0.2) is 4.39 Å². The van der Waals surface area contributed by atoms with Crippen molar-refractivity contribution in [3.8, 4) is 5.75 Å². The topological polar surface area (TPSA) is 87.2 Å². The molecule has 0 bridgehead atoms. The number of benzene rings is 1. The third-order valence-corrected chi connectivity index (χ3v) is 2.50. The highest BCUT2D eigenvalue weighted by Gasteiger charge is 2.10. The van der Waals surface area contributed by atoms with E-state index in [2.05, 4.69) is 15.5 Å². The summed E-state index contributed by atoms with van der Waals surface area (Å²) >= 11 is 0. The van der Waals surface area contributed by atoms with E-state index in [1.807, 2.05) is 0 Å². The molecule has 1 aromatic heterocycles. The zero-order valence-corrected chi connectivity index (χ0v) is 10.5. The number of ether oxygens (including phenoxy) is 1. The van der Waals surface area contributed by atoms with Crippen LogP contribution in [0.3, 0.4) is 0 Å². The highest BCUT2D eigenvalue weighted by atomic mass is 19.1. The Morgan fingerprint density at radius 3 is 2.80 bits per heavy atom. The molecule has 3 N–H and O–H groups in total. The van der Waals surface area contributed by atoms with Gasteiger partial charge in [0.05, 0.1) is 0 Å². The smallest absolute Gasteiger partial charge is 0.269 e. The molecule has 0 aliphatic carbocycles. The maximum atomic E-state index is 12.7. The molecular weight excluding hydrogens is 265 g/mol. The molecular formula is C13H14FN3O3. The fourth-order valence-corrected chi connectivity index (χ4v) is 1.47. The number of hydrogen-bond acceptors (Lipinski definition) is 4. The first-order chi connectivity index (χ1) is 9.65. The van der Waals surface area contributed by atoms with E-state index in [9.17, 15) is 14.3 Å². The van der Waals surface area contributed by atoms with Crippen LogP contribution in [0.15, 0.2) is 36.5 Å². The van der Waals surface area contributed by atoms with Crippen molar-refractivity contribution in [3.63, 3.8) is 0 Å². The second kappa shape index (κ2) is 6.67. The number of nitrogens with one attached hydrogen (secondary N) is 2. The van der Waals surface area contributed by atoms with Gasteiger partial charge in [0.1, 0.15) is 30.0 Å². The summed E-state index contributed by atoms with van der Waals surface area (Å²) < 4.78 is 17.9. The van der Waals surface area contributed by atoms with Gasteiger partial charge in [-0.05, 0) is 30.3 Å². The van der Waals surface area contributed by atoms with Crippen LogP contribution in [0.4, 0.5) is 4.39 Å². The SMILES string of the molecule is O=C(NCC(O)COc1ccc(F)cc1)c1ccn[nH]1. The summed E-state index contributed by atoms with van der Waals surface area (Å²) in [5.41, 5.74) is 0.316. The number of carbonyl (C=O) groups excluding carboxylic acids is 1. The fourth-order valence-electron chi connectivity index (χ4n) is 1.47. The molecule has 1 unspecified atom stereocenters. The van der Waals surface area contributed by atoms with Crippen molar-refractivity contribution in [1.82, 2.24) is 15.5 Å². The van der Waals surface area contributed by atoms with Crippen LogP contribution >= 0.6 is 0 Å². The fraction of sp³-hybridized carbons (Fsp3) is 0.231. The van der Waals surface area contributed by atoms with Crippen LogP contribution in [0.2, 0.25) is 0 Å². The van der Waals surface area contributed by atoms with Crippen LogP contribution in [-0.4, -0.2) is 40.5 Å². The Bertz CT molecular complexity index is 542. The average molecular weight is 279 g/mol. The monoisotopic (exact) mass is 279 g/mol. The lowest BCUT2D eigenvalue weighted by Gasteiger charge is -2.12. The molecule has 1 aromatic carbocycles. The third kappa shape index (κ3) is 4.06. The molecule has 6 nitrogen and oxygen atoms in total. The van der Waals surface area contributed by atoms with Crippen LogP contribution in [-0.2, 0) is 0 Å². The number of hydrogen-bond donors (Lipinski definition) is 3. The van der Waals surface area contributed by atoms with Gasteiger partial charge < -0.3 is 15.2 Å². The van der Waals surface area contributed by atoms with Crippen LogP contribution < -0.4 is 10.1 Å². The number of aromatic nitrogens is 2. The summed E-state index contributed by atoms with van der Waals surface area (Å²) in [5.74, 6) is -0.265. The molecule has 0 saturated carbocycles. The van der Waals surface area contributed by atoms with E-state index in [1.54, 1.807) is 0 Å². The van der Waals surface area contributed by atoms with Crippen molar-refractivity contribution < 1.29 is 19.0 Å². The number of rotatable bonds is 6. The molecule has 0 aliphatic rings. The second-order valence-corrected chi connectivity index (χ2v) is 4.10. The number of aliphatic hydroxyl groups excluding tert-OH is 1. The average Bonchev–Trinajstić information content (AvgIpc) is 2.98. The van der Waals surface area contributed by atoms with E-state index < -0.39 is 6.10 Å². The Morgan fingerprint density at radius 2 is 2.15 bits per heavy atom. The highest BCUT2D eigenvalue weighted by molar-refractivity contribution is 5.92. The maximum Gasteiger partial charge on any atom is 0.269 e. The Balaban J connectivity index is 1.71. The molecule has 2 aromatic rings. The number of H-pyrrole nitrogens is 1. The van der Waals surface area contributed by atoms with Gasteiger partial charge in [-0.15, -0.1) is 0 Å². The third-order valence-electron chi connectivity index (χ3n) is 2.50. The van der Waals surface area contributed by atoms with E-state index in [-0.39, 0.29) is 24.9 Å². The minimum Gasteiger partial charge on any atom is -0.491 e. The van der Waals surface area contributed by atoms with Gasteiger partial charge in [-0.2, -0.15) is 5.10 Å². The number of carbonyl (C=O) groups is 1. The van der Waals surface area contributed by atoms with Crippen LogP contribution in [0.5, 0.6) is 5.75 Å². The Kier molecular flexibility index (Phi) is 4.67. The van der Waals surface area contributed by atoms with E-state index in [1.165, 1.54) is 36.5 Å². The molecule has 7 heteroatoms. The van der Waals surface area contributed by atoms with Gasteiger partial charge in [0, 0.05) is 12.7 Å². The normalized spacial score (nSPS) is 11.9. The van der Waals surface area contributed by atoms with Gasteiger partial charge in [0.25, 0.3) is 5.91 Å². The van der Waals surface area contributed by atoms with E-state index in [0.29, 0.717) is 11.4 Å². The minimum atomic E-state index is -0.869. The first kappa shape index (κ1) is 14.0. The van der Waals surface area contributed by atoms with Gasteiger partial charge in [0.2, 0.25) is 0 Å². The molecule has 1 atom stereocenters. The van der Waals surface area contributed by atoms with E-state index >= 15 is 0 Å². The molecule has 0 fully saturated rings. The van der Waals surface area contributed by atoms with E-state index in [0.717, 1.165) is 0 Å². The standard InChI is InChI=1S/C13H14FN3O3/c14-9-1-3-11(4-2-9)20-8-10(18)7-15-13(19)12-5-6-16-17-12/h1-6,10,18H,7-8H2,(H,15,19)(H,16,17). The van der Waals surface area contributed by atoms with Crippen molar-refractivity contribution in [2.45, 2.75) is 6.10 Å².